The molecule has 1 atom stereocenters. The van der Waals surface area contributed by atoms with E-state index in [-0.39, 0.29) is 11.7 Å². The number of amides is 1. The molecular weight excluding hydrogens is 402 g/mol. The Labute approximate surface area is 187 Å². The van der Waals surface area contributed by atoms with Gasteiger partial charge in [0.05, 0.1) is 6.42 Å². The molecule has 0 spiro atoms. The molecule has 0 aromatic heterocycles. The fourth-order valence-electron chi connectivity index (χ4n) is 4.33. The lowest BCUT2D eigenvalue weighted by molar-refractivity contribution is -0.120. The minimum absolute atomic E-state index is 0.0819. The largest absolute Gasteiger partial charge is 0.444 e. The van der Waals surface area contributed by atoms with Gasteiger partial charge in [0.2, 0.25) is 0 Å². The third-order valence-corrected chi connectivity index (χ3v) is 6.07. The van der Waals surface area contributed by atoms with Crippen LogP contribution in [0.15, 0.2) is 84.5 Å². The van der Waals surface area contributed by atoms with Crippen LogP contribution in [0.3, 0.4) is 0 Å². The summed E-state index contributed by atoms with van der Waals surface area (Å²) in [4.78, 5) is 26.2. The number of hydrogen-bond acceptors (Lipinski definition) is 4. The smallest absolute Gasteiger partial charge is 0.282 e. The molecular formula is C27H25NO4. The van der Waals surface area contributed by atoms with Crippen molar-refractivity contribution >= 4 is 11.7 Å². The molecule has 32 heavy (non-hydrogen) atoms. The van der Waals surface area contributed by atoms with E-state index in [0.717, 1.165) is 17.6 Å². The van der Waals surface area contributed by atoms with Gasteiger partial charge in [-0.1, -0.05) is 60.7 Å². The third kappa shape index (κ3) is 3.98. The van der Waals surface area contributed by atoms with E-state index < -0.39 is 5.79 Å². The summed E-state index contributed by atoms with van der Waals surface area (Å²) in [7, 11) is 0. The molecule has 1 fully saturated rings. The predicted octanol–water partition coefficient (Wildman–Crippen LogP) is 4.95. The quantitative estimate of drug-likeness (QED) is 0.693. The Bertz CT molecular complexity index is 1120. The van der Waals surface area contributed by atoms with Gasteiger partial charge >= 0.3 is 0 Å². The fourth-order valence-corrected chi connectivity index (χ4v) is 4.33. The molecule has 1 saturated heterocycles. The number of nitrogens with zero attached hydrogens (tertiary/aromatic N) is 1. The van der Waals surface area contributed by atoms with E-state index in [0.29, 0.717) is 49.4 Å². The van der Waals surface area contributed by atoms with E-state index in [2.05, 4.69) is 18.2 Å². The van der Waals surface area contributed by atoms with Gasteiger partial charge in [-0.25, -0.2) is 0 Å². The second kappa shape index (κ2) is 8.50. The van der Waals surface area contributed by atoms with E-state index in [1.54, 1.807) is 23.1 Å². The van der Waals surface area contributed by atoms with Crippen molar-refractivity contribution in [3.05, 3.63) is 95.6 Å². The number of piperidine rings is 1. The summed E-state index contributed by atoms with van der Waals surface area (Å²) >= 11 is 0. The van der Waals surface area contributed by atoms with E-state index >= 15 is 0 Å². The predicted molar refractivity (Wildman–Crippen MR) is 122 cm³/mol. The first kappa shape index (κ1) is 20.3. The highest BCUT2D eigenvalue weighted by Crippen LogP contribution is 2.47. The van der Waals surface area contributed by atoms with Crippen molar-refractivity contribution in [2.75, 3.05) is 13.1 Å². The maximum Gasteiger partial charge on any atom is 0.282 e. The van der Waals surface area contributed by atoms with E-state index in [9.17, 15) is 9.59 Å². The number of carbonyl (C=O) groups is 2. The number of rotatable bonds is 4. The second-order valence-electron chi connectivity index (χ2n) is 8.29. The molecule has 2 heterocycles. The SMILES string of the molecule is O=C1CCN(C(=O)c2ccc3c(c2)OC(CC2=CCC=CC=C2)(c2ccccc2)O3)CC1. The summed E-state index contributed by atoms with van der Waals surface area (Å²) in [6.45, 7) is 0.934. The summed E-state index contributed by atoms with van der Waals surface area (Å²) in [5.41, 5.74) is 2.59. The first-order chi connectivity index (χ1) is 15.6. The molecule has 2 aromatic rings. The number of likely N-dealkylation sites (tertiary alicyclic amines) is 1. The highest BCUT2D eigenvalue weighted by molar-refractivity contribution is 5.96. The first-order valence-corrected chi connectivity index (χ1v) is 11.0. The average Bonchev–Trinajstić information content (AvgIpc) is 3.00. The monoisotopic (exact) mass is 427 g/mol. The fraction of sp³-hybridized carbons (Fsp3) is 0.259. The lowest BCUT2D eigenvalue weighted by Crippen LogP contribution is -2.38. The molecule has 0 saturated carbocycles. The Morgan fingerprint density at radius 1 is 0.969 bits per heavy atom. The van der Waals surface area contributed by atoms with Gasteiger partial charge in [0.1, 0.15) is 5.78 Å². The van der Waals surface area contributed by atoms with Crippen molar-refractivity contribution < 1.29 is 19.1 Å². The molecule has 5 rings (SSSR count). The Kier molecular flexibility index (Phi) is 5.39. The van der Waals surface area contributed by atoms with Gasteiger partial charge in [0.15, 0.2) is 11.5 Å². The van der Waals surface area contributed by atoms with Crippen molar-refractivity contribution in [3.8, 4) is 11.5 Å². The zero-order chi connectivity index (χ0) is 22.0. The Morgan fingerprint density at radius 3 is 2.56 bits per heavy atom. The highest BCUT2D eigenvalue weighted by Gasteiger charge is 2.44. The van der Waals surface area contributed by atoms with Gasteiger partial charge in [-0.15, -0.1) is 0 Å². The van der Waals surface area contributed by atoms with Crippen molar-refractivity contribution in [1.82, 2.24) is 4.90 Å². The molecule has 3 aliphatic rings. The van der Waals surface area contributed by atoms with Crippen LogP contribution in [0.2, 0.25) is 0 Å². The number of ketones is 1. The van der Waals surface area contributed by atoms with E-state index in [1.807, 2.05) is 42.5 Å². The molecule has 0 bridgehead atoms. The van der Waals surface area contributed by atoms with E-state index in [1.165, 1.54) is 0 Å². The summed E-state index contributed by atoms with van der Waals surface area (Å²) in [5.74, 6) is 0.314. The van der Waals surface area contributed by atoms with Gasteiger partial charge in [-0.3, -0.25) is 9.59 Å². The molecule has 2 aliphatic heterocycles. The molecule has 1 unspecified atom stereocenters. The lowest BCUT2D eigenvalue weighted by atomic mass is 9.96. The minimum atomic E-state index is -0.997. The zero-order valence-corrected chi connectivity index (χ0v) is 17.8. The number of ether oxygens (including phenoxy) is 2. The normalized spacial score (nSPS) is 21.9. The molecule has 5 nitrogen and oxygen atoms in total. The standard InChI is InChI=1S/C27H25NO4/c29-23-14-16-28(17-15-23)26(30)21-12-13-24-25(18-21)32-27(31-24,22-10-6-3-7-11-22)19-20-8-4-1-2-5-9-20/h1-4,6-13,18H,5,14-17,19H2. The summed E-state index contributed by atoms with van der Waals surface area (Å²) in [5, 5.41) is 0. The van der Waals surface area contributed by atoms with Gasteiger partial charge in [-0.2, -0.15) is 0 Å². The number of benzene rings is 2. The molecule has 1 aliphatic carbocycles. The van der Waals surface area contributed by atoms with Crippen LogP contribution in [0.4, 0.5) is 0 Å². The average molecular weight is 428 g/mol. The number of fused-ring (bicyclic) bond motifs is 1. The van der Waals surface area contributed by atoms with Crippen LogP contribution in [0.5, 0.6) is 11.5 Å². The van der Waals surface area contributed by atoms with E-state index in [4.69, 9.17) is 9.47 Å². The maximum absolute atomic E-state index is 13.0. The lowest BCUT2D eigenvalue weighted by Gasteiger charge is -2.29. The summed E-state index contributed by atoms with van der Waals surface area (Å²) in [6, 6.07) is 15.3. The van der Waals surface area contributed by atoms with Crippen molar-refractivity contribution in [2.24, 2.45) is 0 Å². The van der Waals surface area contributed by atoms with Gasteiger partial charge in [0, 0.05) is 37.1 Å². The van der Waals surface area contributed by atoms with Gasteiger partial charge in [0.25, 0.3) is 11.7 Å². The van der Waals surface area contributed by atoms with Crippen molar-refractivity contribution in [1.29, 1.82) is 0 Å². The molecule has 0 radical (unpaired) electrons. The number of hydrogen-bond donors (Lipinski definition) is 0. The topological polar surface area (TPSA) is 55.8 Å². The molecule has 1 amide bonds. The minimum Gasteiger partial charge on any atom is -0.444 e. The Hall–Kier alpha value is -3.60. The van der Waals surface area contributed by atoms with Gasteiger partial charge < -0.3 is 14.4 Å². The van der Waals surface area contributed by atoms with Gasteiger partial charge in [-0.05, 0) is 30.2 Å². The van der Waals surface area contributed by atoms with Crippen molar-refractivity contribution in [3.63, 3.8) is 0 Å². The van der Waals surface area contributed by atoms with Crippen LogP contribution < -0.4 is 9.47 Å². The maximum atomic E-state index is 13.0. The molecule has 5 heteroatoms. The second-order valence-corrected chi connectivity index (χ2v) is 8.29. The zero-order valence-electron chi connectivity index (χ0n) is 17.8. The van der Waals surface area contributed by atoms with Crippen LogP contribution in [-0.2, 0) is 10.6 Å². The van der Waals surface area contributed by atoms with Crippen LogP contribution in [0.1, 0.15) is 41.6 Å². The number of Topliss-reactive ketones (excluding diaryl/α,β-unsaturated/α-hetero) is 1. The molecule has 162 valence electrons. The third-order valence-electron chi connectivity index (χ3n) is 6.07. The Balaban J connectivity index is 1.44. The van der Waals surface area contributed by atoms with Crippen LogP contribution in [0, 0.1) is 0 Å². The molecule has 2 aromatic carbocycles. The number of carbonyl (C=O) groups excluding carboxylic acids is 2. The Morgan fingerprint density at radius 2 is 1.75 bits per heavy atom. The summed E-state index contributed by atoms with van der Waals surface area (Å²) < 4.78 is 12.9. The first-order valence-electron chi connectivity index (χ1n) is 11.0. The molecule has 0 N–H and O–H groups in total. The summed E-state index contributed by atoms with van der Waals surface area (Å²) in [6.07, 6.45) is 12.7. The van der Waals surface area contributed by atoms with Crippen LogP contribution in [0.25, 0.3) is 0 Å². The number of allylic oxidation sites excluding steroid dienone is 5. The highest BCUT2D eigenvalue weighted by atomic mass is 16.7. The van der Waals surface area contributed by atoms with Crippen molar-refractivity contribution in [2.45, 2.75) is 31.5 Å². The van der Waals surface area contributed by atoms with Crippen LogP contribution in [-0.4, -0.2) is 29.7 Å². The van der Waals surface area contributed by atoms with Crippen LogP contribution >= 0.6 is 0 Å².